The van der Waals surface area contributed by atoms with Gasteiger partial charge in [0, 0.05) is 6.20 Å². The second kappa shape index (κ2) is 3.76. The van der Waals surface area contributed by atoms with Crippen LogP contribution in [0, 0.1) is 12.7 Å². The minimum absolute atomic E-state index is 0.204. The molecular formula is C10H11FN4. The lowest BCUT2D eigenvalue weighted by Gasteiger charge is -2.04. The summed E-state index contributed by atoms with van der Waals surface area (Å²) in [6.07, 6.45) is 3.58. The molecule has 2 aromatic rings. The summed E-state index contributed by atoms with van der Waals surface area (Å²) in [6, 6.07) is 1.80. The number of hydrogen-bond acceptors (Lipinski definition) is 3. The number of aromatic nitrogens is 4. The second-order valence-electron chi connectivity index (χ2n) is 3.21. The van der Waals surface area contributed by atoms with Crippen LogP contribution in [0.15, 0.2) is 18.6 Å². The molecule has 4 nitrogen and oxygen atoms in total. The lowest BCUT2D eigenvalue weighted by molar-refractivity contribution is 0.574. The molecule has 0 spiro atoms. The monoisotopic (exact) mass is 206 g/mol. The van der Waals surface area contributed by atoms with Gasteiger partial charge in [-0.1, -0.05) is 6.92 Å². The smallest absolute Gasteiger partial charge is 0.193 e. The van der Waals surface area contributed by atoms with Gasteiger partial charge in [0.15, 0.2) is 11.6 Å². The average Bonchev–Trinajstić information content (AvgIpc) is 2.65. The zero-order valence-electron chi connectivity index (χ0n) is 8.61. The van der Waals surface area contributed by atoms with Gasteiger partial charge < -0.3 is 0 Å². The maximum atomic E-state index is 13.8. The van der Waals surface area contributed by atoms with E-state index in [1.165, 1.54) is 11.0 Å². The van der Waals surface area contributed by atoms with Crippen molar-refractivity contribution in [1.29, 1.82) is 0 Å². The summed E-state index contributed by atoms with van der Waals surface area (Å²) in [5, 5.41) is 4.10. The lowest BCUT2D eigenvalue weighted by Crippen LogP contribution is -2.06. The van der Waals surface area contributed by atoms with Crippen molar-refractivity contribution in [2.45, 2.75) is 20.3 Å². The highest BCUT2D eigenvalue weighted by molar-refractivity contribution is 5.25. The molecule has 0 saturated carbocycles. The van der Waals surface area contributed by atoms with Crippen LogP contribution in [0.2, 0.25) is 0 Å². The van der Waals surface area contributed by atoms with Crippen molar-refractivity contribution in [3.63, 3.8) is 0 Å². The molecule has 0 aliphatic carbocycles. The topological polar surface area (TPSA) is 43.6 Å². The largest absolute Gasteiger partial charge is 0.238 e. The van der Waals surface area contributed by atoms with E-state index in [0.717, 1.165) is 5.69 Å². The van der Waals surface area contributed by atoms with Crippen molar-refractivity contribution in [2.24, 2.45) is 0 Å². The molecule has 0 aliphatic rings. The molecule has 0 unspecified atom stereocenters. The molecule has 0 atom stereocenters. The fraction of sp³-hybridized carbons (Fsp3) is 0.300. The van der Waals surface area contributed by atoms with Crippen molar-refractivity contribution in [2.75, 3.05) is 0 Å². The quantitative estimate of drug-likeness (QED) is 0.750. The molecule has 2 heterocycles. The van der Waals surface area contributed by atoms with Gasteiger partial charge in [0.2, 0.25) is 0 Å². The van der Waals surface area contributed by atoms with Crippen LogP contribution in [0.3, 0.4) is 0 Å². The fourth-order valence-electron chi connectivity index (χ4n) is 1.33. The number of halogens is 1. The first-order valence-corrected chi connectivity index (χ1v) is 4.74. The third-order valence-corrected chi connectivity index (χ3v) is 2.12. The van der Waals surface area contributed by atoms with Crippen molar-refractivity contribution >= 4 is 0 Å². The van der Waals surface area contributed by atoms with Gasteiger partial charge in [0.1, 0.15) is 6.33 Å². The Kier molecular flexibility index (Phi) is 2.45. The van der Waals surface area contributed by atoms with Crippen molar-refractivity contribution in [3.8, 4) is 5.82 Å². The van der Waals surface area contributed by atoms with E-state index in [1.807, 2.05) is 13.8 Å². The first kappa shape index (κ1) is 9.76. The molecule has 15 heavy (non-hydrogen) atoms. The summed E-state index contributed by atoms with van der Waals surface area (Å²) < 4.78 is 15.2. The van der Waals surface area contributed by atoms with Crippen LogP contribution < -0.4 is 0 Å². The number of nitrogens with zero attached hydrogens (tertiary/aromatic N) is 4. The molecule has 0 aliphatic heterocycles. The number of rotatable bonds is 2. The van der Waals surface area contributed by atoms with Gasteiger partial charge in [-0.25, -0.2) is 19.0 Å². The summed E-state index contributed by atoms with van der Waals surface area (Å²) >= 11 is 0. The SMILES string of the molecule is CCc1ncnc(-n2ccc(C)n2)c1F. The fourth-order valence-corrected chi connectivity index (χ4v) is 1.33. The van der Waals surface area contributed by atoms with Gasteiger partial charge in [-0.15, -0.1) is 0 Å². The van der Waals surface area contributed by atoms with Gasteiger partial charge in [-0.2, -0.15) is 5.10 Å². The van der Waals surface area contributed by atoms with Crippen LogP contribution in [0.5, 0.6) is 0 Å². The Morgan fingerprint density at radius 1 is 1.40 bits per heavy atom. The lowest BCUT2D eigenvalue weighted by atomic mass is 10.3. The van der Waals surface area contributed by atoms with Gasteiger partial charge in [0.25, 0.3) is 0 Å². The minimum Gasteiger partial charge on any atom is -0.238 e. The van der Waals surface area contributed by atoms with Crippen LogP contribution in [0.4, 0.5) is 4.39 Å². The molecule has 0 bridgehead atoms. The molecule has 0 radical (unpaired) electrons. The maximum absolute atomic E-state index is 13.8. The highest BCUT2D eigenvalue weighted by Gasteiger charge is 2.11. The molecule has 2 aromatic heterocycles. The number of aryl methyl sites for hydroxylation is 2. The minimum atomic E-state index is -0.400. The Balaban J connectivity index is 2.53. The van der Waals surface area contributed by atoms with E-state index in [2.05, 4.69) is 15.1 Å². The molecule has 0 amide bonds. The number of hydrogen-bond donors (Lipinski definition) is 0. The molecule has 0 saturated heterocycles. The van der Waals surface area contributed by atoms with Crippen LogP contribution in [-0.2, 0) is 6.42 Å². The third kappa shape index (κ3) is 1.72. The Morgan fingerprint density at radius 2 is 2.20 bits per heavy atom. The summed E-state index contributed by atoms with van der Waals surface area (Å²) in [5.74, 6) is -0.196. The van der Waals surface area contributed by atoms with Gasteiger partial charge >= 0.3 is 0 Å². The summed E-state index contributed by atoms with van der Waals surface area (Å²) in [5.41, 5.74) is 1.24. The van der Waals surface area contributed by atoms with Crippen LogP contribution in [0.1, 0.15) is 18.3 Å². The molecule has 0 aromatic carbocycles. The zero-order chi connectivity index (χ0) is 10.8. The molecule has 5 heteroatoms. The van der Waals surface area contributed by atoms with E-state index in [4.69, 9.17) is 0 Å². The maximum Gasteiger partial charge on any atom is 0.193 e. The van der Waals surface area contributed by atoms with E-state index in [-0.39, 0.29) is 5.82 Å². The van der Waals surface area contributed by atoms with Gasteiger partial charge in [-0.05, 0) is 19.4 Å². The van der Waals surface area contributed by atoms with Crippen LogP contribution in [-0.4, -0.2) is 19.7 Å². The zero-order valence-corrected chi connectivity index (χ0v) is 8.61. The molecule has 78 valence electrons. The predicted octanol–water partition coefficient (Wildman–Crippen LogP) is 1.67. The summed E-state index contributed by atoms with van der Waals surface area (Å²) in [4.78, 5) is 7.75. The van der Waals surface area contributed by atoms with Crippen molar-refractivity contribution in [1.82, 2.24) is 19.7 Å². The normalized spacial score (nSPS) is 10.6. The Bertz CT molecular complexity index is 478. The Hall–Kier alpha value is -1.78. The van der Waals surface area contributed by atoms with Gasteiger partial charge in [0.05, 0.1) is 11.4 Å². The van der Waals surface area contributed by atoms with Crippen LogP contribution in [0.25, 0.3) is 5.82 Å². The Labute approximate surface area is 86.8 Å². The first-order valence-electron chi connectivity index (χ1n) is 4.74. The van der Waals surface area contributed by atoms with E-state index in [1.54, 1.807) is 12.3 Å². The molecule has 2 rings (SSSR count). The van der Waals surface area contributed by atoms with Crippen LogP contribution >= 0.6 is 0 Å². The molecule has 0 fully saturated rings. The average molecular weight is 206 g/mol. The van der Waals surface area contributed by atoms with E-state index >= 15 is 0 Å². The Morgan fingerprint density at radius 3 is 2.80 bits per heavy atom. The summed E-state index contributed by atoms with van der Waals surface area (Å²) in [6.45, 7) is 3.69. The van der Waals surface area contributed by atoms with E-state index < -0.39 is 5.82 Å². The molecular weight excluding hydrogens is 195 g/mol. The second-order valence-corrected chi connectivity index (χ2v) is 3.21. The standard InChI is InChI=1S/C10H11FN4/c1-3-8-9(11)10(13-6-12-8)15-5-4-7(2)14-15/h4-6H,3H2,1-2H3. The van der Waals surface area contributed by atoms with E-state index in [0.29, 0.717) is 12.1 Å². The van der Waals surface area contributed by atoms with Crippen molar-refractivity contribution in [3.05, 3.63) is 35.8 Å². The third-order valence-electron chi connectivity index (χ3n) is 2.12. The molecule has 0 N–H and O–H groups in total. The highest BCUT2D eigenvalue weighted by atomic mass is 19.1. The van der Waals surface area contributed by atoms with E-state index in [9.17, 15) is 4.39 Å². The first-order chi connectivity index (χ1) is 7.22. The highest BCUT2D eigenvalue weighted by Crippen LogP contribution is 2.12. The van der Waals surface area contributed by atoms with Gasteiger partial charge in [-0.3, -0.25) is 0 Å². The summed E-state index contributed by atoms with van der Waals surface area (Å²) in [7, 11) is 0. The predicted molar refractivity (Wildman–Crippen MR) is 53.2 cm³/mol. The van der Waals surface area contributed by atoms with Crippen molar-refractivity contribution < 1.29 is 4.39 Å².